The molecule has 1 unspecified atom stereocenters. The molecule has 2 aromatic rings. The van der Waals surface area contributed by atoms with Crippen molar-refractivity contribution in [3.63, 3.8) is 0 Å². The van der Waals surface area contributed by atoms with Gasteiger partial charge in [-0.2, -0.15) is 0 Å². The minimum absolute atomic E-state index is 0.0607. The van der Waals surface area contributed by atoms with Crippen molar-refractivity contribution in [3.05, 3.63) is 54.4 Å². The Balaban J connectivity index is 1.97. The summed E-state index contributed by atoms with van der Waals surface area (Å²) < 4.78 is 5.55. The molecule has 1 atom stereocenters. The molecule has 2 N–H and O–H groups in total. The zero-order valence-electron chi connectivity index (χ0n) is 11.1. The molecule has 5 nitrogen and oxygen atoms in total. The van der Waals surface area contributed by atoms with E-state index in [4.69, 9.17) is 9.84 Å². The number of rotatable bonds is 5. The normalized spacial score (nSPS) is 11.7. The van der Waals surface area contributed by atoms with E-state index in [0.29, 0.717) is 11.4 Å². The SMILES string of the molecule is CC(Oc1cccc(CO)c1)C(=O)Nc1ccncc1. The zero-order valence-corrected chi connectivity index (χ0v) is 11.1. The molecule has 5 heteroatoms. The van der Waals surface area contributed by atoms with E-state index in [1.807, 2.05) is 0 Å². The summed E-state index contributed by atoms with van der Waals surface area (Å²) in [4.78, 5) is 15.8. The molecule has 1 heterocycles. The second-order valence-electron chi connectivity index (χ2n) is 4.29. The number of carbonyl (C=O) groups excluding carboxylic acids is 1. The van der Waals surface area contributed by atoms with Crippen molar-refractivity contribution < 1.29 is 14.6 Å². The third-order valence-electron chi connectivity index (χ3n) is 2.71. The number of hydrogen-bond acceptors (Lipinski definition) is 4. The monoisotopic (exact) mass is 272 g/mol. The summed E-state index contributed by atoms with van der Waals surface area (Å²) in [6.45, 7) is 1.61. The largest absolute Gasteiger partial charge is 0.481 e. The first-order chi connectivity index (χ1) is 9.69. The van der Waals surface area contributed by atoms with Crippen LogP contribution in [0.5, 0.6) is 5.75 Å². The Morgan fingerprint density at radius 1 is 1.35 bits per heavy atom. The maximum atomic E-state index is 12.0. The van der Waals surface area contributed by atoms with Gasteiger partial charge in [0.25, 0.3) is 5.91 Å². The maximum Gasteiger partial charge on any atom is 0.265 e. The highest BCUT2D eigenvalue weighted by Gasteiger charge is 2.14. The van der Waals surface area contributed by atoms with Gasteiger partial charge in [-0.15, -0.1) is 0 Å². The van der Waals surface area contributed by atoms with Crippen molar-refractivity contribution in [1.29, 1.82) is 0 Å². The lowest BCUT2D eigenvalue weighted by Gasteiger charge is -2.15. The summed E-state index contributed by atoms with van der Waals surface area (Å²) in [6, 6.07) is 10.4. The van der Waals surface area contributed by atoms with Crippen LogP contribution < -0.4 is 10.1 Å². The predicted molar refractivity (Wildman–Crippen MR) is 75.3 cm³/mol. The van der Waals surface area contributed by atoms with Gasteiger partial charge >= 0.3 is 0 Å². The van der Waals surface area contributed by atoms with Crippen LogP contribution in [0.2, 0.25) is 0 Å². The number of aliphatic hydroxyl groups is 1. The smallest absolute Gasteiger partial charge is 0.265 e. The van der Waals surface area contributed by atoms with Crippen molar-refractivity contribution in [2.45, 2.75) is 19.6 Å². The van der Waals surface area contributed by atoms with Crippen LogP contribution in [0.4, 0.5) is 5.69 Å². The Kier molecular flexibility index (Phi) is 4.68. The molecule has 20 heavy (non-hydrogen) atoms. The molecule has 2 rings (SSSR count). The summed E-state index contributed by atoms with van der Waals surface area (Å²) >= 11 is 0. The number of aromatic nitrogens is 1. The molecule has 0 aliphatic heterocycles. The lowest BCUT2D eigenvalue weighted by Crippen LogP contribution is -2.30. The lowest BCUT2D eigenvalue weighted by atomic mass is 10.2. The average Bonchev–Trinajstić information content (AvgIpc) is 2.48. The molecule has 0 aliphatic carbocycles. The van der Waals surface area contributed by atoms with Gasteiger partial charge in [0.15, 0.2) is 6.10 Å². The number of amides is 1. The van der Waals surface area contributed by atoms with E-state index < -0.39 is 6.10 Å². The van der Waals surface area contributed by atoms with E-state index in [-0.39, 0.29) is 12.5 Å². The summed E-state index contributed by atoms with van der Waals surface area (Å²) in [5.41, 5.74) is 1.41. The third-order valence-corrected chi connectivity index (χ3v) is 2.71. The van der Waals surface area contributed by atoms with Gasteiger partial charge in [-0.3, -0.25) is 9.78 Å². The number of benzene rings is 1. The molecular weight excluding hydrogens is 256 g/mol. The fourth-order valence-electron chi connectivity index (χ4n) is 1.65. The van der Waals surface area contributed by atoms with Gasteiger partial charge in [0.2, 0.25) is 0 Å². The Bertz CT molecular complexity index is 572. The Labute approximate surface area is 117 Å². The lowest BCUT2D eigenvalue weighted by molar-refractivity contribution is -0.122. The molecule has 0 saturated carbocycles. The fraction of sp³-hybridized carbons (Fsp3) is 0.200. The second kappa shape index (κ2) is 6.68. The maximum absolute atomic E-state index is 12.0. The van der Waals surface area contributed by atoms with Crippen LogP contribution in [0.3, 0.4) is 0 Å². The summed E-state index contributed by atoms with van der Waals surface area (Å²) in [7, 11) is 0. The topological polar surface area (TPSA) is 71.5 Å². The standard InChI is InChI=1S/C15H16N2O3/c1-11(15(19)17-13-5-7-16-8-6-13)20-14-4-2-3-12(9-14)10-18/h2-9,11,18H,10H2,1H3,(H,16,17,19). The van der Waals surface area contributed by atoms with E-state index in [2.05, 4.69) is 10.3 Å². The van der Waals surface area contributed by atoms with Crippen LogP contribution >= 0.6 is 0 Å². The molecule has 1 aromatic heterocycles. The third kappa shape index (κ3) is 3.80. The molecule has 0 aliphatic rings. The quantitative estimate of drug-likeness (QED) is 0.873. The van der Waals surface area contributed by atoms with Gasteiger partial charge in [0.05, 0.1) is 6.61 Å². The van der Waals surface area contributed by atoms with E-state index in [1.54, 1.807) is 55.7 Å². The highest BCUT2D eigenvalue weighted by atomic mass is 16.5. The van der Waals surface area contributed by atoms with Gasteiger partial charge in [0, 0.05) is 18.1 Å². The first kappa shape index (κ1) is 14.0. The van der Waals surface area contributed by atoms with E-state index in [1.165, 1.54) is 0 Å². The van der Waals surface area contributed by atoms with Crippen LogP contribution in [0.25, 0.3) is 0 Å². The van der Waals surface area contributed by atoms with Crippen LogP contribution in [0.1, 0.15) is 12.5 Å². The van der Waals surface area contributed by atoms with Crippen LogP contribution in [0, 0.1) is 0 Å². The fourth-order valence-corrected chi connectivity index (χ4v) is 1.65. The second-order valence-corrected chi connectivity index (χ2v) is 4.29. The van der Waals surface area contributed by atoms with Crippen LogP contribution in [0.15, 0.2) is 48.8 Å². The molecule has 0 saturated heterocycles. The van der Waals surface area contributed by atoms with Crippen molar-refractivity contribution in [2.24, 2.45) is 0 Å². The van der Waals surface area contributed by atoms with E-state index >= 15 is 0 Å². The summed E-state index contributed by atoms with van der Waals surface area (Å²) in [6.07, 6.45) is 2.56. The van der Waals surface area contributed by atoms with Crippen molar-refractivity contribution in [1.82, 2.24) is 4.98 Å². The number of nitrogens with zero attached hydrogens (tertiary/aromatic N) is 1. The minimum atomic E-state index is -0.642. The Morgan fingerprint density at radius 2 is 2.10 bits per heavy atom. The molecule has 0 radical (unpaired) electrons. The first-order valence-corrected chi connectivity index (χ1v) is 6.26. The highest BCUT2D eigenvalue weighted by molar-refractivity contribution is 5.93. The number of aliphatic hydroxyl groups excluding tert-OH is 1. The zero-order chi connectivity index (χ0) is 14.4. The molecule has 104 valence electrons. The molecular formula is C15H16N2O3. The van der Waals surface area contributed by atoms with Crippen LogP contribution in [-0.2, 0) is 11.4 Å². The number of nitrogens with one attached hydrogen (secondary N) is 1. The summed E-state index contributed by atoms with van der Waals surface area (Å²) in [5.74, 6) is 0.305. The molecule has 1 amide bonds. The van der Waals surface area contributed by atoms with E-state index in [9.17, 15) is 4.79 Å². The number of hydrogen-bond donors (Lipinski definition) is 2. The van der Waals surface area contributed by atoms with Crippen molar-refractivity contribution in [2.75, 3.05) is 5.32 Å². The Morgan fingerprint density at radius 3 is 2.80 bits per heavy atom. The summed E-state index contributed by atoms with van der Waals surface area (Å²) in [5, 5.41) is 11.8. The Hall–Kier alpha value is -2.40. The van der Waals surface area contributed by atoms with Gasteiger partial charge in [-0.25, -0.2) is 0 Å². The minimum Gasteiger partial charge on any atom is -0.481 e. The first-order valence-electron chi connectivity index (χ1n) is 6.26. The van der Waals surface area contributed by atoms with Crippen LogP contribution in [-0.4, -0.2) is 22.1 Å². The highest BCUT2D eigenvalue weighted by Crippen LogP contribution is 2.15. The van der Waals surface area contributed by atoms with Crippen molar-refractivity contribution in [3.8, 4) is 5.75 Å². The number of ether oxygens (including phenoxy) is 1. The van der Waals surface area contributed by atoms with Gasteiger partial charge in [-0.05, 0) is 36.8 Å². The molecule has 0 spiro atoms. The predicted octanol–water partition coefficient (Wildman–Crippen LogP) is 1.98. The van der Waals surface area contributed by atoms with E-state index in [0.717, 1.165) is 5.56 Å². The van der Waals surface area contributed by atoms with Crippen molar-refractivity contribution >= 4 is 11.6 Å². The van der Waals surface area contributed by atoms with Gasteiger partial charge in [-0.1, -0.05) is 12.1 Å². The molecule has 1 aromatic carbocycles. The number of pyridine rings is 1. The number of carbonyl (C=O) groups is 1. The molecule has 0 fully saturated rings. The molecule has 0 bridgehead atoms. The average molecular weight is 272 g/mol. The van der Waals surface area contributed by atoms with Gasteiger partial charge < -0.3 is 15.2 Å². The number of anilines is 1. The van der Waals surface area contributed by atoms with Gasteiger partial charge in [0.1, 0.15) is 5.75 Å².